The quantitative estimate of drug-likeness (QED) is 0.500. The van der Waals surface area contributed by atoms with Crippen LogP contribution in [-0.4, -0.2) is 46.6 Å². The van der Waals surface area contributed by atoms with Crippen molar-refractivity contribution in [2.75, 3.05) is 27.4 Å². The van der Waals surface area contributed by atoms with Crippen molar-refractivity contribution in [1.82, 2.24) is 0 Å². The molecule has 0 aromatic rings. The molecular formula is C8H22N2O3Si. The molecule has 14 heavy (non-hydrogen) atoms. The fourth-order valence-corrected chi connectivity index (χ4v) is 3.40. The fourth-order valence-electron chi connectivity index (χ4n) is 1.38. The number of hydrogen-bond acceptors (Lipinski definition) is 5. The summed E-state index contributed by atoms with van der Waals surface area (Å²) in [6, 6.07) is 0.542. The molecule has 0 amide bonds. The lowest BCUT2D eigenvalue weighted by Gasteiger charge is -2.34. The van der Waals surface area contributed by atoms with Crippen molar-refractivity contribution >= 4 is 8.56 Å². The Labute approximate surface area is 86.6 Å². The van der Waals surface area contributed by atoms with E-state index < -0.39 is 14.1 Å². The molecule has 0 fully saturated rings. The number of nitrogens with two attached hydrogens (primary N) is 2. The first-order valence-electron chi connectivity index (χ1n) is 4.65. The summed E-state index contributed by atoms with van der Waals surface area (Å²) in [6.45, 7) is 2.27. The molecule has 0 aliphatic rings. The molecule has 0 saturated carbocycles. The molecule has 1 atom stereocenters. The lowest BCUT2D eigenvalue weighted by Crippen LogP contribution is -2.53. The zero-order valence-corrected chi connectivity index (χ0v) is 10.2. The van der Waals surface area contributed by atoms with Crippen LogP contribution in [0.15, 0.2) is 0 Å². The Morgan fingerprint density at radius 2 is 1.86 bits per heavy atom. The van der Waals surface area contributed by atoms with E-state index in [0.717, 1.165) is 0 Å². The summed E-state index contributed by atoms with van der Waals surface area (Å²) in [7, 11) is 0.983. The van der Waals surface area contributed by atoms with Gasteiger partial charge in [-0.25, -0.2) is 0 Å². The lowest BCUT2D eigenvalue weighted by atomic mass is 10.0. The van der Waals surface area contributed by atoms with E-state index in [4.69, 9.17) is 20.3 Å². The van der Waals surface area contributed by atoms with Crippen molar-refractivity contribution in [3.63, 3.8) is 0 Å². The molecule has 5 nitrogen and oxygen atoms in total. The normalized spacial score (nSPS) is 16.7. The molecular weight excluding hydrogens is 200 g/mol. The van der Waals surface area contributed by atoms with Crippen LogP contribution in [0, 0.1) is 0 Å². The number of hydrogen-bond donors (Lipinski definition) is 3. The highest BCUT2D eigenvalue weighted by molar-refractivity contribution is 6.66. The molecule has 0 aliphatic heterocycles. The summed E-state index contributed by atoms with van der Waals surface area (Å²) in [5.41, 5.74) is 10.7. The summed E-state index contributed by atoms with van der Waals surface area (Å²) < 4.78 is 10.6. The predicted octanol–water partition coefficient (Wildman–Crippen LogP) is -0.610. The van der Waals surface area contributed by atoms with E-state index in [1.165, 1.54) is 0 Å². The second-order valence-electron chi connectivity index (χ2n) is 3.78. The molecule has 5 N–H and O–H groups in total. The Bertz CT molecular complexity index is 167. The van der Waals surface area contributed by atoms with E-state index >= 15 is 0 Å². The second kappa shape index (κ2) is 5.79. The van der Waals surface area contributed by atoms with Crippen molar-refractivity contribution in [2.24, 2.45) is 11.5 Å². The van der Waals surface area contributed by atoms with Crippen LogP contribution in [0.2, 0.25) is 12.6 Å². The second-order valence-corrected chi connectivity index (χ2v) is 7.22. The largest absolute Gasteiger partial charge is 0.398 e. The van der Waals surface area contributed by atoms with Crippen LogP contribution in [-0.2, 0) is 8.85 Å². The minimum Gasteiger partial charge on any atom is -0.398 e. The predicted molar refractivity (Wildman–Crippen MR) is 58.1 cm³/mol. The molecule has 0 spiro atoms. The topological polar surface area (TPSA) is 90.7 Å². The highest BCUT2D eigenvalue weighted by Gasteiger charge is 2.38. The molecule has 1 unspecified atom stereocenters. The SMILES string of the molecule is CO[Si](C)(CC(N)(CO)CCN)OC. The van der Waals surface area contributed by atoms with Crippen molar-refractivity contribution in [3.8, 4) is 0 Å². The molecule has 0 aromatic heterocycles. The van der Waals surface area contributed by atoms with Gasteiger partial charge in [0.05, 0.1) is 6.61 Å². The molecule has 0 bridgehead atoms. The van der Waals surface area contributed by atoms with Gasteiger partial charge in [-0.1, -0.05) is 0 Å². The van der Waals surface area contributed by atoms with E-state index in [2.05, 4.69) is 0 Å². The Balaban J connectivity index is 4.41. The van der Waals surface area contributed by atoms with Gasteiger partial charge >= 0.3 is 8.56 Å². The maximum Gasteiger partial charge on any atom is 0.336 e. The Morgan fingerprint density at radius 3 is 2.14 bits per heavy atom. The third-order valence-electron chi connectivity index (χ3n) is 2.49. The lowest BCUT2D eigenvalue weighted by molar-refractivity contribution is 0.177. The van der Waals surface area contributed by atoms with Gasteiger partial charge in [-0.15, -0.1) is 0 Å². The molecule has 0 aromatic carbocycles. The monoisotopic (exact) mass is 222 g/mol. The minimum absolute atomic E-state index is 0.0977. The smallest absolute Gasteiger partial charge is 0.336 e. The van der Waals surface area contributed by atoms with Gasteiger partial charge in [0.1, 0.15) is 0 Å². The third kappa shape index (κ3) is 4.03. The van der Waals surface area contributed by atoms with Crippen LogP contribution in [0.4, 0.5) is 0 Å². The maximum atomic E-state index is 9.20. The first-order valence-corrected chi connectivity index (χ1v) is 7.18. The summed E-state index contributed by atoms with van der Waals surface area (Å²) in [4.78, 5) is 0. The first kappa shape index (κ1) is 14.0. The van der Waals surface area contributed by atoms with Gasteiger partial charge in [-0.3, -0.25) is 0 Å². The van der Waals surface area contributed by atoms with Gasteiger partial charge in [-0.2, -0.15) is 0 Å². The average molecular weight is 222 g/mol. The molecule has 86 valence electrons. The molecule has 0 saturated heterocycles. The third-order valence-corrected chi connectivity index (χ3v) is 5.57. The minimum atomic E-state index is -2.23. The van der Waals surface area contributed by atoms with Gasteiger partial charge in [-0.05, 0) is 19.5 Å². The fraction of sp³-hybridized carbons (Fsp3) is 1.00. The number of aliphatic hydroxyl groups is 1. The van der Waals surface area contributed by atoms with E-state index in [0.29, 0.717) is 19.0 Å². The van der Waals surface area contributed by atoms with Crippen molar-refractivity contribution in [1.29, 1.82) is 0 Å². The first-order chi connectivity index (χ1) is 6.45. The molecule has 0 aliphatic carbocycles. The van der Waals surface area contributed by atoms with Gasteiger partial charge in [0.2, 0.25) is 0 Å². The van der Waals surface area contributed by atoms with Gasteiger partial charge in [0.15, 0.2) is 0 Å². The van der Waals surface area contributed by atoms with Crippen LogP contribution >= 0.6 is 0 Å². The Morgan fingerprint density at radius 1 is 1.36 bits per heavy atom. The van der Waals surface area contributed by atoms with E-state index in [1.54, 1.807) is 14.2 Å². The molecule has 0 rings (SSSR count). The Kier molecular flexibility index (Phi) is 5.80. The van der Waals surface area contributed by atoms with Crippen LogP contribution in [0.25, 0.3) is 0 Å². The molecule has 0 heterocycles. The zero-order chi connectivity index (χ0) is 11.2. The van der Waals surface area contributed by atoms with E-state index in [-0.39, 0.29) is 6.61 Å². The van der Waals surface area contributed by atoms with Crippen LogP contribution in [0.5, 0.6) is 0 Å². The average Bonchev–Trinajstić information content (AvgIpc) is 2.18. The van der Waals surface area contributed by atoms with Gasteiger partial charge in [0, 0.05) is 25.8 Å². The van der Waals surface area contributed by atoms with E-state index in [1.807, 2.05) is 6.55 Å². The molecule has 0 radical (unpaired) electrons. The van der Waals surface area contributed by atoms with Crippen LogP contribution < -0.4 is 11.5 Å². The van der Waals surface area contributed by atoms with Gasteiger partial charge in [0.25, 0.3) is 0 Å². The number of rotatable bonds is 7. The van der Waals surface area contributed by atoms with Crippen molar-refractivity contribution in [3.05, 3.63) is 0 Å². The summed E-state index contributed by atoms with van der Waals surface area (Å²) >= 11 is 0. The maximum absolute atomic E-state index is 9.20. The zero-order valence-electron chi connectivity index (χ0n) is 9.25. The summed E-state index contributed by atoms with van der Waals surface area (Å²) in [6.07, 6.45) is 0.568. The highest BCUT2D eigenvalue weighted by Crippen LogP contribution is 2.22. The standard InChI is InChI=1S/C8H22N2O3Si/c1-12-14(3,13-2)7-8(10,6-11)4-5-9/h11H,4-7,9-10H2,1-3H3. The highest BCUT2D eigenvalue weighted by atomic mass is 28.4. The van der Waals surface area contributed by atoms with E-state index in [9.17, 15) is 5.11 Å². The summed E-state index contributed by atoms with van der Waals surface area (Å²) in [5, 5.41) is 9.20. The van der Waals surface area contributed by atoms with Crippen molar-refractivity contribution in [2.45, 2.75) is 24.6 Å². The summed E-state index contributed by atoms with van der Waals surface area (Å²) in [5.74, 6) is 0. The van der Waals surface area contributed by atoms with Crippen molar-refractivity contribution < 1.29 is 14.0 Å². The van der Waals surface area contributed by atoms with Crippen LogP contribution in [0.1, 0.15) is 6.42 Å². The molecule has 6 heteroatoms. The Hall–Kier alpha value is 0.0169. The number of aliphatic hydroxyl groups excluding tert-OH is 1. The van der Waals surface area contributed by atoms with Crippen LogP contribution in [0.3, 0.4) is 0 Å². The van der Waals surface area contributed by atoms with Gasteiger partial charge < -0.3 is 25.4 Å².